The molecule has 0 aromatic heterocycles. The van der Waals surface area contributed by atoms with Crippen LogP contribution in [-0.4, -0.2) is 12.6 Å². The molecule has 0 atom stereocenters. The van der Waals surface area contributed by atoms with E-state index in [1.165, 1.54) is 11.1 Å². The highest BCUT2D eigenvalue weighted by atomic mass is 16.5. The Morgan fingerprint density at radius 1 is 1.20 bits per heavy atom. The lowest BCUT2D eigenvalue weighted by Crippen LogP contribution is -2.34. The first-order chi connectivity index (χ1) is 6.94. The van der Waals surface area contributed by atoms with E-state index in [1.54, 1.807) is 7.11 Å². The number of nitrogens with two attached hydrogens (primary N) is 1. The molecule has 0 amide bonds. The summed E-state index contributed by atoms with van der Waals surface area (Å²) >= 11 is 0. The van der Waals surface area contributed by atoms with Gasteiger partial charge in [-0.3, -0.25) is 0 Å². The van der Waals surface area contributed by atoms with Crippen LogP contribution in [0.25, 0.3) is 0 Å². The Kier molecular flexibility index (Phi) is 3.75. The van der Waals surface area contributed by atoms with Gasteiger partial charge in [-0.2, -0.15) is 0 Å². The molecule has 0 fully saturated rings. The highest BCUT2D eigenvalue weighted by Gasteiger charge is 2.12. The van der Waals surface area contributed by atoms with E-state index < -0.39 is 0 Å². The van der Waals surface area contributed by atoms with Crippen molar-refractivity contribution >= 4 is 0 Å². The maximum absolute atomic E-state index is 6.01. The summed E-state index contributed by atoms with van der Waals surface area (Å²) < 4.78 is 5.27. The molecule has 1 aromatic carbocycles. The monoisotopic (exact) mass is 207 g/mol. The fraction of sp³-hybridized carbons (Fsp3) is 0.538. The van der Waals surface area contributed by atoms with Crippen LogP contribution in [0.15, 0.2) is 18.2 Å². The van der Waals surface area contributed by atoms with Crippen LogP contribution in [0.2, 0.25) is 0 Å². The van der Waals surface area contributed by atoms with Gasteiger partial charge in [0.2, 0.25) is 0 Å². The maximum Gasteiger partial charge on any atom is 0.119 e. The van der Waals surface area contributed by atoms with Gasteiger partial charge in [0.15, 0.2) is 0 Å². The molecule has 0 heterocycles. The lowest BCUT2D eigenvalue weighted by atomic mass is 9.94. The van der Waals surface area contributed by atoms with Gasteiger partial charge in [0.25, 0.3) is 0 Å². The molecule has 0 spiro atoms. The van der Waals surface area contributed by atoms with Crippen LogP contribution in [0.3, 0.4) is 0 Å². The number of benzene rings is 1. The first-order valence-corrected chi connectivity index (χ1v) is 5.40. The molecule has 0 aliphatic carbocycles. The van der Waals surface area contributed by atoms with Crippen molar-refractivity contribution in [3.05, 3.63) is 29.3 Å². The number of methoxy groups -OCH3 is 1. The lowest BCUT2D eigenvalue weighted by Gasteiger charge is -2.19. The maximum atomic E-state index is 6.01. The Hall–Kier alpha value is -1.02. The third kappa shape index (κ3) is 3.92. The van der Waals surface area contributed by atoms with Crippen molar-refractivity contribution in [3.63, 3.8) is 0 Å². The fourth-order valence-electron chi connectivity index (χ4n) is 1.68. The molecule has 1 rings (SSSR count). The minimum atomic E-state index is -0.169. The number of hydrogen-bond donors (Lipinski definition) is 1. The average molecular weight is 207 g/mol. The molecule has 0 saturated carbocycles. The van der Waals surface area contributed by atoms with Gasteiger partial charge in [-0.15, -0.1) is 0 Å². The van der Waals surface area contributed by atoms with Crippen LogP contribution < -0.4 is 10.5 Å². The Morgan fingerprint density at radius 2 is 1.80 bits per heavy atom. The summed E-state index contributed by atoms with van der Waals surface area (Å²) in [6, 6.07) is 6.35. The van der Waals surface area contributed by atoms with E-state index in [4.69, 9.17) is 10.5 Å². The molecule has 2 heteroatoms. The van der Waals surface area contributed by atoms with Crippen LogP contribution >= 0.6 is 0 Å². The molecule has 84 valence electrons. The molecule has 2 nitrogen and oxygen atoms in total. The third-order valence-corrected chi connectivity index (χ3v) is 2.33. The third-order valence-electron chi connectivity index (χ3n) is 2.33. The highest BCUT2D eigenvalue weighted by Crippen LogP contribution is 2.20. The fourth-order valence-corrected chi connectivity index (χ4v) is 1.68. The summed E-state index contributed by atoms with van der Waals surface area (Å²) in [5.74, 6) is 0.925. The molecule has 0 bridgehead atoms. The molecule has 15 heavy (non-hydrogen) atoms. The molecule has 0 radical (unpaired) electrons. The van der Waals surface area contributed by atoms with Gasteiger partial charge in [-0.1, -0.05) is 13.0 Å². The average Bonchev–Trinajstić information content (AvgIpc) is 2.14. The minimum absolute atomic E-state index is 0.169. The topological polar surface area (TPSA) is 35.2 Å². The van der Waals surface area contributed by atoms with E-state index in [-0.39, 0.29) is 5.54 Å². The van der Waals surface area contributed by atoms with Gasteiger partial charge < -0.3 is 10.5 Å². The van der Waals surface area contributed by atoms with Crippen molar-refractivity contribution in [3.8, 4) is 5.75 Å². The Labute approximate surface area is 92.4 Å². The first kappa shape index (κ1) is 12.1. The normalized spacial score (nSPS) is 11.5. The van der Waals surface area contributed by atoms with Crippen molar-refractivity contribution in [2.45, 2.75) is 39.2 Å². The van der Waals surface area contributed by atoms with Crippen molar-refractivity contribution < 1.29 is 4.74 Å². The summed E-state index contributed by atoms with van der Waals surface area (Å²) in [5.41, 5.74) is 8.39. The SMILES string of the molecule is CCc1cc(CC(C)(C)N)cc(OC)c1. The zero-order valence-electron chi connectivity index (χ0n) is 10.1. The van der Waals surface area contributed by atoms with Crippen LogP contribution in [0.1, 0.15) is 31.9 Å². The number of ether oxygens (including phenoxy) is 1. The van der Waals surface area contributed by atoms with E-state index >= 15 is 0 Å². The van der Waals surface area contributed by atoms with E-state index in [0.717, 1.165) is 18.6 Å². The van der Waals surface area contributed by atoms with Crippen molar-refractivity contribution in [2.24, 2.45) is 5.73 Å². The largest absolute Gasteiger partial charge is 0.497 e. The van der Waals surface area contributed by atoms with E-state index in [2.05, 4.69) is 25.1 Å². The zero-order chi connectivity index (χ0) is 11.5. The Bertz CT molecular complexity index is 304. The predicted octanol–water partition coefficient (Wildman–Crippen LogP) is 2.54. The van der Waals surface area contributed by atoms with Gasteiger partial charge in [-0.05, 0) is 49.9 Å². The smallest absolute Gasteiger partial charge is 0.119 e. The summed E-state index contributed by atoms with van der Waals surface area (Å²) in [7, 11) is 1.70. The molecule has 0 unspecified atom stereocenters. The van der Waals surface area contributed by atoms with Gasteiger partial charge in [0.1, 0.15) is 5.75 Å². The quantitative estimate of drug-likeness (QED) is 0.823. The van der Waals surface area contributed by atoms with Crippen LogP contribution in [0.4, 0.5) is 0 Å². The van der Waals surface area contributed by atoms with E-state index in [1.807, 2.05) is 13.8 Å². The first-order valence-electron chi connectivity index (χ1n) is 5.40. The van der Waals surface area contributed by atoms with E-state index in [0.29, 0.717) is 0 Å². The molecular weight excluding hydrogens is 186 g/mol. The predicted molar refractivity (Wildman–Crippen MR) is 64.3 cm³/mol. The Balaban J connectivity index is 2.97. The number of rotatable bonds is 4. The van der Waals surface area contributed by atoms with Gasteiger partial charge in [0, 0.05) is 5.54 Å². The molecule has 0 aliphatic rings. The number of aryl methyl sites for hydroxylation is 1. The zero-order valence-corrected chi connectivity index (χ0v) is 10.1. The van der Waals surface area contributed by atoms with Crippen molar-refractivity contribution in [1.82, 2.24) is 0 Å². The van der Waals surface area contributed by atoms with E-state index in [9.17, 15) is 0 Å². The second-order valence-electron chi connectivity index (χ2n) is 4.71. The van der Waals surface area contributed by atoms with Gasteiger partial charge in [-0.25, -0.2) is 0 Å². The van der Waals surface area contributed by atoms with Crippen molar-refractivity contribution in [2.75, 3.05) is 7.11 Å². The molecule has 1 aromatic rings. The summed E-state index contributed by atoms with van der Waals surface area (Å²) in [5, 5.41) is 0. The standard InChI is InChI=1S/C13H21NO/c1-5-10-6-11(9-13(2,3)14)8-12(7-10)15-4/h6-8H,5,9,14H2,1-4H3. The molecular formula is C13H21NO. The van der Waals surface area contributed by atoms with Gasteiger partial charge in [0.05, 0.1) is 7.11 Å². The van der Waals surface area contributed by atoms with Gasteiger partial charge >= 0.3 is 0 Å². The Morgan fingerprint density at radius 3 is 2.27 bits per heavy atom. The summed E-state index contributed by atoms with van der Waals surface area (Å²) in [6.45, 7) is 6.22. The van der Waals surface area contributed by atoms with Crippen molar-refractivity contribution in [1.29, 1.82) is 0 Å². The summed E-state index contributed by atoms with van der Waals surface area (Å²) in [6.07, 6.45) is 1.90. The van der Waals surface area contributed by atoms with Crippen LogP contribution in [-0.2, 0) is 12.8 Å². The lowest BCUT2D eigenvalue weighted by molar-refractivity contribution is 0.413. The summed E-state index contributed by atoms with van der Waals surface area (Å²) in [4.78, 5) is 0. The molecule has 0 saturated heterocycles. The second-order valence-corrected chi connectivity index (χ2v) is 4.71. The highest BCUT2D eigenvalue weighted by molar-refractivity contribution is 5.35. The van der Waals surface area contributed by atoms with Crippen LogP contribution in [0.5, 0.6) is 5.75 Å². The minimum Gasteiger partial charge on any atom is -0.497 e. The van der Waals surface area contributed by atoms with Crippen LogP contribution in [0, 0.1) is 0 Å². The second kappa shape index (κ2) is 4.67. The molecule has 0 aliphatic heterocycles. The molecule has 2 N–H and O–H groups in total. The number of hydrogen-bond acceptors (Lipinski definition) is 2.